The van der Waals surface area contributed by atoms with Crippen LogP contribution < -0.4 is 4.90 Å². The Hall–Kier alpha value is -1.86. The molecule has 4 nitrogen and oxygen atoms in total. The van der Waals surface area contributed by atoms with E-state index in [1.165, 1.54) is 40.6 Å². The van der Waals surface area contributed by atoms with E-state index in [2.05, 4.69) is 36.9 Å². The summed E-state index contributed by atoms with van der Waals surface area (Å²) in [5.74, 6) is 0.0136. The number of thioether (sulfide) groups is 1. The molecule has 142 valence electrons. The van der Waals surface area contributed by atoms with Crippen molar-refractivity contribution in [1.29, 1.82) is 0 Å². The topological polar surface area (TPSA) is 49.7 Å². The lowest BCUT2D eigenvalue weighted by Gasteiger charge is -2.26. The molecule has 27 heavy (non-hydrogen) atoms. The summed E-state index contributed by atoms with van der Waals surface area (Å²) in [5.41, 5.74) is 4.39. The molecule has 2 atom stereocenters. The molecule has 1 saturated heterocycles. The predicted molar refractivity (Wildman–Crippen MR) is 110 cm³/mol. The second-order valence-electron chi connectivity index (χ2n) is 7.20. The van der Waals surface area contributed by atoms with Gasteiger partial charge in [-0.05, 0) is 49.2 Å². The zero-order chi connectivity index (χ0) is 19.2. The maximum absolute atomic E-state index is 13.4. The van der Waals surface area contributed by atoms with Crippen molar-refractivity contribution in [2.75, 3.05) is 16.4 Å². The van der Waals surface area contributed by atoms with Gasteiger partial charge in [-0.25, -0.2) is 12.8 Å². The molecule has 2 heterocycles. The maximum Gasteiger partial charge on any atom is 0.164 e. The number of sulfone groups is 1. The highest BCUT2D eigenvalue weighted by Crippen LogP contribution is 2.37. The second-order valence-corrected chi connectivity index (χ2v) is 10.6. The smallest absolute Gasteiger partial charge is 0.164 e. The number of halogens is 1. The molecule has 0 bridgehead atoms. The van der Waals surface area contributed by atoms with Gasteiger partial charge in [-0.3, -0.25) is 4.99 Å². The zero-order valence-corrected chi connectivity index (χ0v) is 16.9. The minimum atomic E-state index is -2.99. The minimum absolute atomic E-state index is 0.0217. The summed E-state index contributed by atoms with van der Waals surface area (Å²) < 4.78 is 37.2. The Morgan fingerprint density at radius 3 is 2.59 bits per heavy atom. The number of nitrogens with zero attached hydrogens (tertiary/aromatic N) is 2. The number of fused-ring (bicyclic) bond motifs is 1. The Bertz CT molecular complexity index is 1000. The van der Waals surface area contributed by atoms with Crippen LogP contribution in [0.3, 0.4) is 0 Å². The molecule has 0 aliphatic carbocycles. The number of amidine groups is 1. The highest BCUT2D eigenvalue weighted by molar-refractivity contribution is 8.15. The Kier molecular flexibility index (Phi) is 4.76. The third-order valence-corrected chi connectivity index (χ3v) is 8.25. The third-order valence-electron chi connectivity index (χ3n) is 5.01. The number of rotatable bonds is 3. The van der Waals surface area contributed by atoms with Crippen molar-refractivity contribution in [1.82, 2.24) is 0 Å². The highest BCUT2D eigenvalue weighted by Gasteiger charge is 2.44. The Morgan fingerprint density at radius 2 is 1.89 bits per heavy atom. The van der Waals surface area contributed by atoms with Gasteiger partial charge in [0.05, 0.1) is 24.1 Å². The fourth-order valence-electron chi connectivity index (χ4n) is 3.50. The van der Waals surface area contributed by atoms with Crippen molar-refractivity contribution in [2.24, 2.45) is 4.99 Å². The Balaban J connectivity index is 1.69. The molecule has 2 unspecified atom stereocenters. The van der Waals surface area contributed by atoms with Gasteiger partial charge in [-0.1, -0.05) is 35.5 Å². The van der Waals surface area contributed by atoms with Crippen molar-refractivity contribution < 1.29 is 12.8 Å². The van der Waals surface area contributed by atoms with Gasteiger partial charge >= 0.3 is 0 Å². The monoisotopic (exact) mass is 404 g/mol. The van der Waals surface area contributed by atoms with Gasteiger partial charge < -0.3 is 4.90 Å². The molecule has 0 spiro atoms. The second kappa shape index (κ2) is 6.95. The lowest BCUT2D eigenvalue weighted by Crippen LogP contribution is -2.28. The van der Waals surface area contributed by atoms with Crippen LogP contribution in [-0.4, -0.2) is 36.4 Å². The van der Waals surface area contributed by atoms with E-state index in [0.29, 0.717) is 6.54 Å². The number of aliphatic imine (C=N–C) groups is 1. The number of benzene rings is 2. The van der Waals surface area contributed by atoms with E-state index in [1.54, 1.807) is 12.1 Å². The lowest BCUT2D eigenvalue weighted by atomic mass is 10.1. The van der Waals surface area contributed by atoms with Crippen LogP contribution in [0.25, 0.3) is 0 Å². The molecule has 0 aromatic heterocycles. The fourth-order valence-corrected chi connectivity index (χ4v) is 7.28. The molecule has 2 aromatic rings. The van der Waals surface area contributed by atoms with Gasteiger partial charge in [0.1, 0.15) is 5.82 Å². The molecular formula is C20H21FN2O2S2. The third kappa shape index (κ3) is 3.89. The minimum Gasteiger partial charge on any atom is -0.317 e. The predicted octanol–water partition coefficient (Wildman–Crippen LogP) is 3.72. The first-order chi connectivity index (χ1) is 12.8. The van der Waals surface area contributed by atoms with Crippen LogP contribution in [0, 0.1) is 19.7 Å². The average molecular weight is 405 g/mol. The van der Waals surface area contributed by atoms with Crippen LogP contribution in [0.4, 0.5) is 10.1 Å². The van der Waals surface area contributed by atoms with Crippen LogP contribution in [-0.2, 0) is 16.4 Å². The van der Waals surface area contributed by atoms with E-state index >= 15 is 0 Å². The first kappa shape index (κ1) is 18.5. The summed E-state index contributed by atoms with van der Waals surface area (Å²) in [6.07, 6.45) is 0. The van der Waals surface area contributed by atoms with E-state index in [4.69, 9.17) is 4.99 Å². The Labute approximate surface area is 163 Å². The van der Waals surface area contributed by atoms with Gasteiger partial charge in [0, 0.05) is 10.9 Å². The number of hydrogen-bond donors (Lipinski definition) is 0. The quantitative estimate of drug-likeness (QED) is 0.782. The van der Waals surface area contributed by atoms with E-state index in [1.807, 2.05) is 0 Å². The SMILES string of the molecule is Cc1ccc(C)c(CN(C2=NC3CS(=O)(=O)CC3S2)c2ccc(F)cc2)c1. The highest BCUT2D eigenvalue weighted by atomic mass is 32.2. The maximum atomic E-state index is 13.4. The van der Waals surface area contributed by atoms with Crippen LogP contribution in [0.15, 0.2) is 47.5 Å². The molecule has 7 heteroatoms. The number of aryl methyl sites for hydroxylation is 2. The lowest BCUT2D eigenvalue weighted by molar-refractivity contribution is 0.601. The van der Waals surface area contributed by atoms with E-state index in [0.717, 1.165) is 10.9 Å². The standard InChI is InChI=1S/C20H21FN2O2S2/c1-13-3-4-14(2)15(9-13)10-23(17-7-5-16(21)6-8-17)20-22-18-11-27(24,25)12-19(18)26-20/h3-9,18-19H,10-12H2,1-2H3. The van der Waals surface area contributed by atoms with Crippen LogP contribution in [0.1, 0.15) is 16.7 Å². The number of anilines is 1. The van der Waals surface area contributed by atoms with Crippen molar-refractivity contribution in [3.05, 3.63) is 65.0 Å². The molecule has 0 radical (unpaired) electrons. The van der Waals surface area contributed by atoms with Crippen molar-refractivity contribution in [3.8, 4) is 0 Å². The van der Waals surface area contributed by atoms with Gasteiger partial charge in [-0.2, -0.15) is 0 Å². The first-order valence-corrected chi connectivity index (χ1v) is 11.5. The summed E-state index contributed by atoms with van der Waals surface area (Å²) in [5, 5.41) is 0.791. The van der Waals surface area contributed by atoms with Crippen molar-refractivity contribution in [2.45, 2.75) is 31.7 Å². The summed E-state index contributed by atoms with van der Waals surface area (Å²) in [7, 11) is -2.99. The summed E-state index contributed by atoms with van der Waals surface area (Å²) in [6.45, 7) is 4.74. The normalized spacial score (nSPS) is 23.1. The fraction of sp³-hybridized carbons (Fsp3) is 0.350. The molecule has 0 N–H and O–H groups in total. The molecular weight excluding hydrogens is 383 g/mol. The molecule has 0 amide bonds. The van der Waals surface area contributed by atoms with Gasteiger partial charge in [0.25, 0.3) is 0 Å². The largest absolute Gasteiger partial charge is 0.317 e. The van der Waals surface area contributed by atoms with Gasteiger partial charge in [-0.15, -0.1) is 0 Å². The summed E-state index contributed by atoms with van der Waals surface area (Å²) in [4.78, 5) is 6.79. The van der Waals surface area contributed by atoms with Crippen LogP contribution in [0.2, 0.25) is 0 Å². The van der Waals surface area contributed by atoms with Crippen molar-refractivity contribution in [3.63, 3.8) is 0 Å². The molecule has 1 fully saturated rings. The average Bonchev–Trinajstić information content (AvgIpc) is 3.10. The zero-order valence-electron chi connectivity index (χ0n) is 15.2. The first-order valence-electron chi connectivity index (χ1n) is 8.85. The van der Waals surface area contributed by atoms with Crippen LogP contribution >= 0.6 is 11.8 Å². The molecule has 4 rings (SSSR count). The van der Waals surface area contributed by atoms with E-state index in [9.17, 15) is 12.8 Å². The van der Waals surface area contributed by atoms with Crippen LogP contribution in [0.5, 0.6) is 0 Å². The molecule has 0 saturated carbocycles. The molecule has 2 aliphatic heterocycles. The van der Waals surface area contributed by atoms with E-state index < -0.39 is 9.84 Å². The summed E-state index contributed by atoms with van der Waals surface area (Å²) >= 11 is 1.52. The number of hydrogen-bond acceptors (Lipinski definition) is 5. The van der Waals surface area contributed by atoms with Gasteiger partial charge in [0.2, 0.25) is 0 Å². The Morgan fingerprint density at radius 1 is 1.15 bits per heavy atom. The van der Waals surface area contributed by atoms with Crippen molar-refractivity contribution >= 4 is 32.5 Å². The molecule has 2 aromatic carbocycles. The molecule has 2 aliphatic rings. The van der Waals surface area contributed by atoms with Gasteiger partial charge in [0.15, 0.2) is 15.0 Å². The van der Waals surface area contributed by atoms with E-state index in [-0.39, 0.29) is 28.6 Å². The summed E-state index contributed by atoms with van der Waals surface area (Å²) in [6, 6.07) is 12.5.